The molecule has 2 heterocycles. The van der Waals surface area contributed by atoms with Crippen molar-refractivity contribution >= 4 is 17.4 Å². The molecule has 112 valence electrons. The SMILES string of the molecule is CCC1CCCN(c2cc(Cl)nc(C(F)(F)F)n2)CC1. The monoisotopic (exact) mass is 307 g/mol. The molecule has 1 atom stereocenters. The van der Waals surface area contributed by atoms with Crippen molar-refractivity contribution in [2.24, 2.45) is 5.92 Å². The molecule has 7 heteroatoms. The summed E-state index contributed by atoms with van der Waals surface area (Å²) in [4.78, 5) is 8.76. The highest BCUT2D eigenvalue weighted by molar-refractivity contribution is 6.29. The fraction of sp³-hybridized carbons (Fsp3) is 0.692. The molecule has 0 bridgehead atoms. The van der Waals surface area contributed by atoms with E-state index >= 15 is 0 Å². The van der Waals surface area contributed by atoms with Gasteiger partial charge in [-0.1, -0.05) is 24.9 Å². The van der Waals surface area contributed by atoms with Gasteiger partial charge in [0.25, 0.3) is 0 Å². The maximum absolute atomic E-state index is 12.7. The van der Waals surface area contributed by atoms with Gasteiger partial charge >= 0.3 is 6.18 Å². The second-order valence-corrected chi connectivity index (χ2v) is 5.45. The summed E-state index contributed by atoms with van der Waals surface area (Å²) in [5.41, 5.74) is 0. The molecule has 0 amide bonds. The number of nitrogens with zero attached hydrogens (tertiary/aromatic N) is 3. The summed E-state index contributed by atoms with van der Waals surface area (Å²) in [7, 11) is 0. The predicted molar refractivity (Wildman–Crippen MR) is 71.9 cm³/mol. The van der Waals surface area contributed by atoms with Crippen molar-refractivity contribution in [2.45, 2.75) is 38.8 Å². The highest BCUT2D eigenvalue weighted by Gasteiger charge is 2.35. The average Bonchev–Trinajstić information content (AvgIpc) is 2.62. The molecule has 20 heavy (non-hydrogen) atoms. The van der Waals surface area contributed by atoms with Gasteiger partial charge < -0.3 is 4.90 Å². The molecule has 1 fully saturated rings. The summed E-state index contributed by atoms with van der Waals surface area (Å²) < 4.78 is 38.1. The highest BCUT2D eigenvalue weighted by atomic mass is 35.5. The summed E-state index contributed by atoms with van der Waals surface area (Å²) in [6.45, 7) is 3.56. The Morgan fingerprint density at radius 3 is 2.70 bits per heavy atom. The molecule has 1 aromatic rings. The summed E-state index contributed by atoms with van der Waals surface area (Å²) in [5.74, 6) is -0.259. The first-order valence-corrected chi connectivity index (χ1v) is 7.14. The van der Waals surface area contributed by atoms with E-state index in [-0.39, 0.29) is 11.0 Å². The first kappa shape index (κ1) is 15.4. The molecular weight excluding hydrogens is 291 g/mol. The molecule has 1 aliphatic heterocycles. The number of halogens is 4. The molecular formula is C13H17ClF3N3. The number of hydrogen-bond acceptors (Lipinski definition) is 3. The Morgan fingerprint density at radius 2 is 2.05 bits per heavy atom. The van der Waals surface area contributed by atoms with Gasteiger partial charge in [-0.25, -0.2) is 9.97 Å². The van der Waals surface area contributed by atoms with E-state index < -0.39 is 12.0 Å². The molecule has 1 saturated heterocycles. The Kier molecular flexibility index (Phi) is 4.73. The van der Waals surface area contributed by atoms with Gasteiger partial charge in [0, 0.05) is 19.2 Å². The minimum Gasteiger partial charge on any atom is -0.356 e. The van der Waals surface area contributed by atoms with Crippen molar-refractivity contribution in [3.05, 3.63) is 17.0 Å². The van der Waals surface area contributed by atoms with Crippen LogP contribution in [0.3, 0.4) is 0 Å². The van der Waals surface area contributed by atoms with Gasteiger partial charge in [-0.3, -0.25) is 0 Å². The van der Waals surface area contributed by atoms with Crippen LogP contribution in [0.2, 0.25) is 5.15 Å². The van der Waals surface area contributed by atoms with Crippen LogP contribution in [-0.4, -0.2) is 23.1 Å². The quantitative estimate of drug-likeness (QED) is 0.768. The van der Waals surface area contributed by atoms with E-state index in [2.05, 4.69) is 16.9 Å². The first-order chi connectivity index (χ1) is 9.40. The summed E-state index contributed by atoms with van der Waals surface area (Å²) in [6.07, 6.45) is -0.428. The van der Waals surface area contributed by atoms with Crippen molar-refractivity contribution < 1.29 is 13.2 Å². The summed E-state index contributed by atoms with van der Waals surface area (Å²) >= 11 is 5.69. The van der Waals surface area contributed by atoms with Gasteiger partial charge in [0.05, 0.1) is 0 Å². The Balaban J connectivity index is 2.22. The lowest BCUT2D eigenvalue weighted by molar-refractivity contribution is -0.144. The van der Waals surface area contributed by atoms with E-state index in [4.69, 9.17) is 11.6 Å². The number of anilines is 1. The molecule has 0 saturated carbocycles. The predicted octanol–water partition coefficient (Wildman–Crippen LogP) is 4.17. The van der Waals surface area contributed by atoms with Crippen LogP contribution in [0.15, 0.2) is 6.07 Å². The molecule has 0 aliphatic carbocycles. The van der Waals surface area contributed by atoms with Crippen molar-refractivity contribution in [1.29, 1.82) is 0 Å². The minimum atomic E-state index is -4.57. The van der Waals surface area contributed by atoms with Gasteiger partial charge in [0.1, 0.15) is 11.0 Å². The van der Waals surface area contributed by atoms with E-state index in [0.29, 0.717) is 19.0 Å². The third kappa shape index (κ3) is 3.75. The van der Waals surface area contributed by atoms with Crippen LogP contribution < -0.4 is 4.90 Å². The molecule has 1 aromatic heterocycles. The van der Waals surface area contributed by atoms with Crippen LogP contribution in [-0.2, 0) is 6.18 Å². The second-order valence-electron chi connectivity index (χ2n) is 5.06. The van der Waals surface area contributed by atoms with E-state index in [1.807, 2.05) is 4.90 Å². The zero-order valence-corrected chi connectivity index (χ0v) is 12.0. The van der Waals surface area contributed by atoms with Gasteiger partial charge in [-0.15, -0.1) is 0 Å². The van der Waals surface area contributed by atoms with Crippen molar-refractivity contribution in [1.82, 2.24) is 9.97 Å². The van der Waals surface area contributed by atoms with Crippen LogP contribution in [0.1, 0.15) is 38.4 Å². The standard InChI is InChI=1S/C13H17ClF3N3/c1-2-9-4-3-6-20(7-5-9)11-8-10(14)18-12(19-11)13(15,16)17/h8-9H,2-7H2,1H3. The molecule has 0 N–H and O–H groups in total. The van der Waals surface area contributed by atoms with E-state index in [1.165, 1.54) is 6.07 Å². The van der Waals surface area contributed by atoms with Crippen LogP contribution >= 0.6 is 11.6 Å². The van der Waals surface area contributed by atoms with Crippen molar-refractivity contribution in [3.8, 4) is 0 Å². The third-order valence-corrected chi connectivity index (χ3v) is 3.88. The number of rotatable bonds is 2. The Morgan fingerprint density at radius 1 is 1.30 bits per heavy atom. The molecule has 1 unspecified atom stereocenters. The molecule has 3 nitrogen and oxygen atoms in total. The van der Waals surface area contributed by atoms with Crippen LogP contribution in [0.25, 0.3) is 0 Å². The third-order valence-electron chi connectivity index (χ3n) is 3.68. The van der Waals surface area contributed by atoms with Gasteiger partial charge in [0.15, 0.2) is 0 Å². The molecule has 0 spiro atoms. The lowest BCUT2D eigenvalue weighted by Gasteiger charge is -2.22. The number of hydrogen-bond donors (Lipinski definition) is 0. The molecule has 1 aliphatic rings. The topological polar surface area (TPSA) is 29.0 Å². The molecule has 0 aromatic carbocycles. The fourth-order valence-electron chi connectivity index (χ4n) is 2.50. The second kappa shape index (κ2) is 6.16. The lowest BCUT2D eigenvalue weighted by atomic mass is 9.98. The smallest absolute Gasteiger partial charge is 0.356 e. The lowest BCUT2D eigenvalue weighted by Crippen LogP contribution is -2.26. The highest BCUT2D eigenvalue weighted by Crippen LogP contribution is 2.30. The number of alkyl halides is 3. The minimum absolute atomic E-state index is 0.168. The normalized spacial score (nSPS) is 20.9. The zero-order chi connectivity index (χ0) is 14.8. The van der Waals surface area contributed by atoms with E-state index in [9.17, 15) is 13.2 Å². The molecule has 0 radical (unpaired) electrons. The number of aromatic nitrogens is 2. The maximum atomic E-state index is 12.7. The van der Waals surface area contributed by atoms with E-state index in [1.54, 1.807) is 0 Å². The summed E-state index contributed by atoms with van der Waals surface area (Å²) in [5, 5.41) is -0.168. The van der Waals surface area contributed by atoms with Gasteiger partial charge in [-0.05, 0) is 25.2 Å². The Labute approximate surface area is 121 Å². The Bertz CT molecular complexity index is 465. The summed E-state index contributed by atoms with van der Waals surface area (Å²) in [6, 6.07) is 1.41. The fourth-order valence-corrected chi connectivity index (χ4v) is 2.67. The zero-order valence-electron chi connectivity index (χ0n) is 11.3. The largest absolute Gasteiger partial charge is 0.451 e. The van der Waals surface area contributed by atoms with Crippen molar-refractivity contribution in [3.63, 3.8) is 0 Å². The van der Waals surface area contributed by atoms with Crippen LogP contribution in [0, 0.1) is 5.92 Å². The van der Waals surface area contributed by atoms with Crippen LogP contribution in [0.4, 0.5) is 19.0 Å². The Hall–Kier alpha value is -1.04. The van der Waals surface area contributed by atoms with Gasteiger partial charge in [0.2, 0.25) is 5.82 Å². The first-order valence-electron chi connectivity index (χ1n) is 6.77. The van der Waals surface area contributed by atoms with E-state index in [0.717, 1.165) is 25.7 Å². The maximum Gasteiger partial charge on any atom is 0.451 e. The average molecular weight is 308 g/mol. The van der Waals surface area contributed by atoms with Crippen LogP contribution in [0.5, 0.6) is 0 Å². The molecule has 2 rings (SSSR count). The van der Waals surface area contributed by atoms with Crippen molar-refractivity contribution in [2.75, 3.05) is 18.0 Å². The van der Waals surface area contributed by atoms with Gasteiger partial charge in [-0.2, -0.15) is 13.2 Å².